The molecule has 5 rings (SSSR count). The Balaban J connectivity index is 1.21. The van der Waals surface area contributed by atoms with Crippen molar-refractivity contribution in [1.82, 2.24) is 24.9 Å². The van der Waals surface area contributed by atoms with Gasteiger partial charge in [0.05, 0.1) is 12.1 Å². The average molecular weight is 473 g/mol. The Labute approximate surface area is 199 Å². The minimum Gasteiger partial charge on any atom is -0.365 e. The van der Waals surface area contributed by atoms with Gasteiger partial charge in [0.2, 0.25) is 0 Å². The fourth-order valence-corrected chi connectivity index (χ4v) is 4.50. The molecule has 0 radical (unpaired) electrons. The number of nitrogens with zero attached hydrogens (tertiary/aromatic N) is 4. The van der Waals surface area contributed by atoms with Gasteiger partial charge in [0.25, 0.3) is 5.91 Å². The first-order valence-electron chi connectivity index (χ1n) is 10.8. The van der Waals surface area contributed by atoms with Crippen LogP contribution in [0.15, 0.2) is 79.4 Å². The number of carbonyl (C=O) groups is 1. The van der Waals surface area contributed by atoms with Crippen molar-refractivity contribution in [2.45, 2.75) is 13.0 Å². The third kappa shape index (κ3) is 4.94. The molecule has 0 aliphatic rings. The lowest BCUT2D eigenvalue weighted by atomic mass is 10.1. The van der Waals surface area contributed by atoms with E-state index in [0.29, 0.717) is 30.9 Å². The molecule has 0 saturated carbocycles. The molecule has 0 saturated heterocycles. The molecule has 4 aromatic heterocycles. The van der Waals surface area contributed by atoms with Gasteiger partial charge in [-0.15, -0.1) is 11.3 Å². The minimum absolute atomic E-state index is 0.203. The lowest BCUT2D eigenvalue weighted by Crippen LogP contribution is -2.26. The van der Waals surface area contributed by atoms with Crippen molar-refractivity contribution in [3.8, 4) is 10.4 Å². The molecule has 0 bridgehead atoms. The summed E-state index contributed by atoms with van der Waals surface area (Å²) >= 11 is 1.66. The summed E-state index contributed by atoms with van der Waals surface area (Å²) in [4.78, 5) is 23.5. The Kier molecular flexibility index (Phi) is 6.26. The van der Waals surface area contributed by atoms with E-state index < -0.39 is 0 Å². The summed E-state index contributed by atoms with van der Waals surface area (Å²) in [5, 5.41) is 10.4. The largest absolute Gasteiger partial charge is 0.365 e. The fourth-order valence-electron chi connectivity index (χ4n) is 3.56. The Bertz CT molecular complexity index is 1430. The number of hydrogen-bond acceptors (Lipinski definition) is 6. The number of hydrogen-bond donors (Lipinski definition) is 2. The number of anilines is 1. The van der Waals surface area contributed by atoms with Gasteiger partial charge in [-0.3, -0.25) is 4.79 Å². The average Bonchev–Trinajstić information content (AvgIpc) is 3.53. The maximum absolute atomic E-state index is 13.0. The van der Waals surface area contributed by atoms with Gasteiger partial charge in [-0.25, -0.2) is 18.9 Å². The number of aromatic nitrogens is 4. The van der Waals surface area contributed by atoms with Gasteiger partial charge in [-0.2, -0.15) is 5.10 Å². The number of halogens is 1. The maximum atomic E-state index is 13.0. The van der Waals surface area contributed by atoms with Crippen molar-refractivity contribution in [3.05, 3.63) is 101 Å². The van der Waals surface area contributed by atoms with E-state index >= 15 is 0 Å². The van der Waals surface area contributed by atoms with Gasteiger partial charge in [0.15, 0.2) is 5.65 Å². The lowest BCUT2D eigenvalue weighted by molar-refractivity contribution is 0.0954. The number of thiophene rings is 1. The van der Waals surface area contributed by atoms with Crippen LogP contribution in [0.3, 0.4) is 0 Å². The van der Waals surface area contributed by atoms with Crippen LogP contribution in [0.1, 0.15) is 20.8 Å². The molecule has 0 aliphatic carbocycles. The molecule has 0 fully saturated rings. The van der Waals surface area contributed by atoms with E-state index in [-0.39, 0.29) is 11.7 Å². The first-order chi connectivity index (χ1) is 16.7. The van der Waals surface area contributed by atoms with Crippen molar-refractivity contribution < 1.29 is 9.18 Å². The van der Waals surface area contributed by atoms with Gasteiger partial charge in [0.1, 0.15) is 18.0 Å². The van der Waals surface area contributed by atoms with E-state index in [1.807, 2.05) is 18.3 Å². The smallest absolute Gasteiger partial charge is 0.255 e. The van der Waals surface area contributed by atoms with Gasteiger partial charge in [-0.05, 0) is 60.5 Å². The number of nitrogens with one attached hydrogen (secondary N) is 2. The number of fused-ring (bicyclic) bond motifs is 1. The van der Waals surface area contributed by atoms with Crippen molar-refractivity contribution in [2.75, 3.05) is 11.9 Å². The van der Waals surface area contributed by atoms with E-state index in [2.05, 4.69) is 37.8 Å². The van der Waals surface area contributed by atoms with Crippen molar-refractivity contribution >= 4 is 28.7 Å². The second-order valence-electron chi connectivity index (χ2n) is 7.63. The molecule has 7 nitrogen and oxygen atoms in total. The highest BCUT2D eigenvalue weighted by Gasteiger charge is 2.12. The highest BCUT2D eigenvalue weighted by atomic mass is 32.1. The summed E-state index contributed by atoms with van der Waals surface area (Å²) in [5.41, 5.74) is 3.31. The second kappa shape index (κ2) is 9.80. The van der Waals surface area contributed by atoms with Crippen LogP contribution in [0, 0.1) is 5.82 Å². The monoisotopic (exact) mass is 472 g/mol. The summed E-state index contributed by atoms with van der Waals surface area (Å²) in [6, 6.07) is 17.9. The molecule has 5 aromatic rings. The van der Waals surface area contributed by atoms with E-state index in [1.165, 1.54) is 18.5 Å². The van der Waals surface area contributed by atoms with Crippen LogP contribution in [-0.4, -0.2) is 32.0 Å². The number of carbonyl (C=O) groups excluding carboxylic acids is 1. The van der Waals surface area contributed by atoms with Crippen LogP contribution in [-0.2, 0) is 13.0 Å². The quantitative estimate of drug-likeness (QED) is 0.345. The number of rotatable bonds is 8. The highest BCUT2D eigenvalue weighted by Crippen LogP contribution is 2.28. The Morgan fingerprint density at radius 3 is 2.79 bits per heavy atom. The molecular formula is C25H21FN6OS. The maximum Gasteiger partial charge on any atom is 0.255 e. The zero-order chi connectivity index (χ0) is 23.3. The zero-order valence-electron chi connectivity index (χ0n) is 18.1. The van der Waals surface area contributed by atoms with E-state index in [0.717, 1.165) is 26.5 Å². The van der Waals surface area contributed by atoms with E-state index in [9.17, 15) is 9.18 Å². The Morgan fingerprint density at radius 1 is 1.03 bits per heavy atom. The molecule has 0 atom stereocenters. The van der Waals surface area contributed by atoms with Crippen LogP contribution < -0.4 is 10.6 Å². The van der Waals surface area contributed by atoms with Crippen LogP contribution in [0.5, 0.6) is 0 Å². The summed E-state index contributed by atoms with van der Waals surface area (Å²) in [6.07, 6.45) is 5.77. The first kappa shape index (κ1) is 21.7. The molecule has 0 spiro atoms. The van der Waals surface area contributed by atoms with Crippen LogP contribution >= 0.6 is 11.3 Å². The molecule has 1 amide bonds. The fraction of sp³-hybridized carbons (Fsp3) is 0.120. The number of benzene rings is 1. The predicted molar refractivity (Wildman–Crippen MR) is 130 cm³/mol. The summed E-state index contributed by atoms with van der Waals surface area (Å²) in [5.74, 6) is 0.0551. The SMILES string of the molecule is O=C(NCCc1ccc(F)cc1)c1cccnc1NCc1ccc(-c2ccc3ncnn3c2)s1. The topological polar surface area (TPSA) is 84.2 Å². The summed E-state index contributed by atoms with van der Waals surface area (Å²) in [6.45, 7) is 0.992. The molecule has 2 N–H and O–H groups in total. The highest BCUT2D eigenvalue weighted by molar-refractivity contribution is 7.15. The third-order valence-electron chi connectivity index (χ3n) is 5.32. The zero-order valence-corrected chi connectivity index (χ0v) is 18.9. The van der Waals surface area contributed by atoms with E-state index in [1.54, 1.807) is 46.3 Å². The van der Waals surface area contributed by atoms with Crippen molar-refractivity contribution in [3.63, 3.8) is 0 Å². The predicted octanol–water partition coefficient (Wildman–Crippen LogP) is 4.58. The molecule has 0 aliphatic heterocycles. The molecule has 34 heavy (non-hydrogen) atoms. The van der Waals surface area contributed by atoms with Gasteiger partial charge in [-0.1, -0.05) is 12.1 Å². The van der Waals surface area contributed by atoms with Gasteiger partial charge < -0.3 is 10.6 Å². The molecule has 170 valence electrons. The molecular weight excluding hydrogens is 451 g/mol. The van der Waals surface area contributed by atoms with Crippen molar-refractivity contribution in [1.29, 1.82) is 0 Å². The Hall–Kier alpha value is -4.11. The summed E-state index contributed by atoms with van der Waals surface area (Å²) < 4.78 is 14.8. The first-order valence-corrected chi connectivity index (χ1v) is 11.6. The van der Waals surface area contributed by atoms with Crippen LogP contribution in [0.2, 0.25) is 0 Å². The summed E-state index contributed by atoms with van der Waals surface area (Å²) in [7, 11) is 0. The van der Waals surface area contributed by atoms with Gasteiger partial charge >= 0.3 is 0 Å². The van der Waals surface area contributed by atoms with Crippen molar-refractivity contribution in [2.24, 2.45) is 0 Å². The minimum atomic E-state index is -0.270. The molecule has 0 unspecified atom stereocenters. The van der Waals surface area contributed by atoms with Crippen LogP contribution in [0.25, 0.3) is 16.1 Å². The Morgan fingerprint density at radius 2 is 1.91 bits per heavy atom. The molecule has 1 aromatic carbocycles. The lowest BCUT2D eigenvalue weighted by Gasteiger charge is -2.11. The normalized spacial score (nSPS) is 11.0. The number of pyridine rings is 2. The second-order valence-corrected chi connectivity index (χ2v) is 8.80. The third-order valence-corrected chi connectivity index (χ3v) is 6.45. The van der Waals surface area contributed by atoms with Gasteiger partial charge in [0, 0.05) is 34.3 Å². The van der Waals surface area contributed by atoms with E-state index in [4.69, 9.17) is 0 Å². The standard InChI is InChI=1S/C25H21FN6OS/c26-19-6-3-17(4-7-19)11-13-28-25(33)21-2-1-12-27-24(21)29-14-20-8-9-22(34-20)18-5-10-23-30-16-31-32(23)15-18/h1-10,12,15-16H,11,13-14H2,(H,27,29)(H,28,33). The molecule has 4 heterocycles. The number of amides is 1. The molecule has 9 heteroatoms. The van der Waals surface area contributed by atoms with Crippen LogP contribution in [0.4, 0.5) is 10.2 Å².